The largest absolute Gasteiger partial charge is 0.386 e. The SMILES string of the molecule is C=C(N/C=C(\C)C1CC1)/C(=C/C(C)=C(C)/C=C\S)NC. The molecule has 1 aliphatic rings. The van der Waals surface area contributed by atoms with Gasteiger partial charge in [-0.05, 0) is 62.2 Å². The molecular weight excluding hydrogens is 264 g/mol. The molecule has 0 amide bonds. The Balaban J connectivity index is 2.76. The lowest BCUT2D eigenvalue weighted by atomic mass is 10.1. The van der Waals surface area contributed by atoms with E-state index in [0.29, 0.717) is 0 Å². The van der Waals surface area contributed by atoms with Crippen LogP contribution in [-0.2, 0) is 0 Å². The van der Waals surface area contributed by atoms with Crippen molar-refractivity contribution in [1.82, 2.24) is 10.6 Å². The third-order valence-corrected chi connectivity index (χ3v) is 3.75. The molecule has 0 aromatic heterocycles. The van der Waals surface area contributed by atoms with Crippen LogP contribution in [-0.4, -0.2) is 7.05 Å². The van der Waals surface area contributed by atoms with Gasteiger partial charge in [0.15, 0.2) is 0 Å². The Morgan fingerprint density at radius 2 is 1.85 bits per heavy atom. The zero-order valence-corrected chi connectivity index (χ0v) is 13.8. The molecule has 1 rings (SSSR count). The van der Waals surface area contributed by atoms with Gasteiger partial charge in [-0.25, -0.2) is 0 Å². The van der Waals surface area contributed by atoms with Gasteiger partial charge >= 0.3 is 0 Å². The molecule has 0 aliphatic heterocycles. The minimum atomic E-state index is 0.779. The van der Waals surface area contributed by atoms with Gasteiger partial charge in [-0.3, -0.25) is 0 Å². The Morgan fingerprint density at radius 1 is 1.20 bits per heavy atom. The van der Waals surface area contributed by atoms with Gasteiger partial charge in [0.25, 0.3) is 0 Å². The molecule has 1 fully saturated rings. The summed E-state index contributed by atoms with van der Waals surface area (Å²) in [6.07, 6.45) is 8.80. The van der Waals surface area contributed by atoms with E-state index < -0.39 is 0 Å². The lowest BCUT2D eigenvalue weighted by molar-refractivity contribution is 0.909. The van der Waals surface area contributed by atoms with Gasteiger partial charge in [0.2, 0.25) is 0 Å². The fourth-order valence-electron chi connectivity index (χ4n) is 1.82. The highest BCUT2D eigenvalue weighted by Gasteiger charge is 2.22. The summed E-state index contributed by atoms with van der Waals surface area (Å²) in [5, 5.41) is 8.23. The molecule has 0 bridgehead atoms. The zero-order valence-electron chi connectivity index (χ0n) is 13.0. The molecule has 3 heteroatoms. The lowest BCUT2D eigenvalue weighted by Crippen LogP contribution is -2.16. The molecule has 0 radical (unpaired) electrons. The van der Waals surface area contributed by atoms with Gasteiger partial charge in [0, 0.05) is 13.2 Å². The van der Waals surface area contributed by atoms with Crippen molar-refractivity contribution >= 4 is 12.6 Å². The van der Waals surface area contributed by atoms with Crippen LogP contribution in [0.3, 0.4) is 0 Å². The fraction of sp³-hybridized carbons (Fsp3) is 0.412. The maximum Gasteiger partial charge on any atom is 0.0573 e. The number of hydrogen-bond donors (Lipinski definition) is 3. The Labute approximate surface area is 128 Å². The fourth-order valence-corrected chi connectivity index (χ4v) is 2.04. The molecule has 1 saturated carbocycles. The molecule has 0 saturated heterocycles. The number of rotatable bonds is 7. The van der Waals surface area contributed by atoms with Gasteiger partial charge in [-0.1, -0.05) is 18.2 Å². The van der Waals surface area contributed by atoms with Crippen LogP contribution in [0.4, 0.5) is 0 Å². The van der Waals surface area contributed by atoms with Crippen LogP contribution < -0.4 is 10.6 Å². The third-order valence-electron chi connectivity index (χ3n) is 3.60. The first-order valence-electron chi connectivity index (χ1n) is 6.99. The first kappa shape index (κ1) is 16.7. The monoisotopic (exact) mass is 290 g/mol. The smallest absolute Gasteiger partial charge is 0.0573 e. The maximum atomic E-state index is 4.10. The number of hydrogen-bond acceptors (Lipinski definition) is 3. The average Bonchev–Trinajstić information content (AvgIpc) is 3.26. The van der Waals surface area contributed by atoms with E-state index in [4.69, 9.17) is 0 Å². The molecule has 0 heterocycles. The Morgan fingerprint density at radius 3 is 2.35 bits per heavy atom. The molecule has 2 N–H and O–H groups in total. The predicted molar refractivity (Wildman–Crippen MR) is 92.4 cm³/mol. The summed E-state index contributed by atoms with van der Waals surface area (Å²) in [7, 11) is 1.91. The first-order chi connectivity index (χ1) is 9.49. The lowest BCUT2D eigenvalue weighted by Gasteiger charge is -2.12. The van der Waals surface area contributed by atoms with E-state index >= 15 is 0 Å². The molecule has 0 spiro atoms. The molecule has 0 atom stereocenters. The third kappa shape index (κ3) is 5.33. The minimum Gasteiger partial charge on any atom is -0.386 e. The second kappa shape index (κ2) is 8.05. The molecule has 0 aromatic carbocycles. The van der Waals surface area contributed by atoms with E-state index in [1.807, 2.05) is 13.1 Å². The molecular formula is C17H26N2S. The summed E-state index contributed by atoms with van der Waals surface area (Å²) in [6, 6.07) is 0. The van der Waals surface area contributed by atoms with Crippen molar-refractivity contribution in [3.63, 3.8) is 0 Å². The second-order valence-corrected chi connectivity index (χ2v) is 5.57. The van der Waals surface area contributed by atoms with Crippen molar-refractivity contribution in [2.75, 3.05) is 7.05 Å². The van der Waals surface area contributed by atoms with Gasteiger partial charge in [0.05, 0.1) is 11.4 Å². The number of likely N-dealkylation sites (N-methyl/N-ethyl adjacent to an activating group) is 1. The summed E-state index contributed by atoms with van der Waals surface area (Å²) in [5.74, 6) is 0.779. The van der Waals surface area contributed by atoms with E-state index in [1.165, 1.54) is 29.6 Å². The second-order valence-electron chi connectivity index (χ2n) is 5.28. The van der Waals surface area contributed by atoms with Crippen molar-refractivity contribution in [2.24, 2.45) is 5.92 Å². The molecule has 2 nitrogen and oxygen atoms in total. The molecule has 110 valence electrons. The highest BCUT2D eigenvalue weighted by molar-refractivity contribution is 7.83. The standard InChI is InChI=1S/C17H26N2S/c1-12(8-9-20)13(2)10-17(18-5)15(4)19-11-14(3)16-6-7-16/h8-11,16,18-20H,4,6-7H2,1-3,5H3/b9-8-,13-12+,14-11+,17-10-. The van der Waals surface area contributed by atoms with E-state index in [-0.39, 0.29) is 0 Å². The van der Waals surface area contributed by atoms with E-state index in [2.05, 4.69) is 62.9 Å². The van der Waals surface area contributed by atoms with Gasteiger partial charge in [-0.15, -0.1) is 0 Å². The van der Waals surface area contributed by atoms with Crippen LogP contribution in [0.1, 0.15) is 33.6 Å². The van der Waals surface area contributed by atoms with Crippen LogP contribution in [0.25, 0.3) is 0 Å². The predicted octanol–water partition coefficient (Wildman–Crippen LogP) is 4.29. The zero-order chi connectivity index (χ0) is 15.1. The summed E-state index contributed by atoms with van der Waals surface area (Å²) in [6.45, 7) is 10.4. The summed E-state index contributed by atoms with van der Waals surface area (Å²) in [4.78, 5) is 0. The van der Waals surface area contributed by atoms with Crippen LogP contribution in [0.15, 0.2) is 58.5 Å². The van der Waals surface area contributed by atoms with Crippen molar-refractivity contribution in [3.05, 3.63) is 58.5 Å². The van der Waals surface area contributed by atoms with Crippen molar-refractivity contribution in [2.45, 2.75) is 33.6 Å². The van der Waals surface area contributed by atoms with E-state index in [9.17, 15) is 0 Å². The normalized spacial score (nSPS) is 18.1. The van der Waals surface area contributed by atoms with Crippen LogP contribution in [0, 0.1) is 5.92 Å². The van der Waals surface area contributed by atoms with Crippen LogP contribution in [0.2, 0.25) is 0 Å². The van der Waals surface area contributed by atoms with Crippen molar-refractivity contribution < 1.29 is 0 Å². The summed E-state index contributed by atoms with van der Waals surface area (Å²) >= 11 is 4.10. The Hall–Kier alpha value is -1.35. The number of allylic oxidation sites excluding steroid dienone is 5. The molecule has 0 aromatic rings. The van der Waals surface area contributed by atoms with Crippen molar-refractivity contribution in [3.8, 4) is 0 Å². The average molecular weight is 290 g/mol. The molecule has 20 heavy (non-hydrogen) atoms. The highest BCUT2D eigenvalue weighted by Crippen LogP contribution is 2.35. The molecule has 0 unspecified atom stereocenters. The van der Waals surface area contributed by atoms with Crippen LogP contribution >= 0.6 is 12.6 Å². The van der Waals surface area contributed by atoms with Gasteiger partial charge in [-0.2, -0.15) is 12.6 Å². The van der Waals surface area contributed by atoms with Gasteiger partial charge in [0.1, 0.15) is 0 Å². The minimum absolute atomic E-state index is 0.779. The first-order valence-corrected chi connectivity index (χ1v) is 7.51. The number of nitrogens with one attached hydrogen (secondary N) is 2. The highest BCUT2D eigenvalue weighted by atomic mass is 32.1. The Kier molecular flexibility index (Phi) is 6.73. The van der Waals surface area contributed by atoms with Gasteiger partial charge < -0.3 is 10.6 Å². The van der Waals surface area contributed by atoms with E-state index in [1.54, 1.807) is 5.41 Å². The number of thiol groups is 1. The summed E-state index contributed by atoms with van der Waals surface area (Å²) in [5.41, 5.74) is 5.66. The van der Waals surface area contributed by atoms with Crippen molar-refractivity contribution in [1.29, 1.82) is 0 Å². The van der Waals surface area contributed by atoms with E-state index in [0.717, 1.165) is 17.3 Å². The van der Waals surface area contributed by atoms with Crippen LogP contribution in [0.5, 0.6) is 0 Å². The summed E-state index contributed by atoms with van der Waals surface area (Å²) < 4.78 is 0. The topological polar surface area (TPSA) is 24.1 Å². The molecule has 1 aliphatic carbocycles. The Bertz CT molecular complexity index is 477. The quantitative estimate of drug-likeness (QED) is 0.481. The maximum absolute atomic E-state index is 4.10.